The molecule has 1 amide bonds. The second-order valence-electron chi connectivity index (χ2n) is 9.90. The topological polar surface area (TPSA) is 90.3 Å². The molecule has 2 aliphatic rings. The van der Waals surface area contributed by atoms with E-state index in [0.29, 0.717) is 36.3 Å². The van der Waals surface area contributed by atoms with Gasteiger partial charge in [0.2, 0.25) is 17.7 Å². The number of hydrogen-bond acceptors (Lipinski definition) is 6. The van der Waals surface area contributed by atoms with Crippen molar-refractivity contribution >= 4 is 28.4 Å². The Hall–Kier alpha value is -3.62. The van der Waals surface area contributed by atoms with Crippen molar-refractivity contribution in [2.75, 3.05) is 13.7 Å². The van der Waals surface area contributed by atoms with Crippen molar-refractivity contribution in [3.8, 4) is 22.9 Å². The van der Waals surface area contributed by atoms with E-state index >= 15 is 0 Å². The number of hydrogen-bond donors (Lipinski definition) is 2. The summed E-state index contributed by atoms with van der Waals surface area (Å²) < 4.78 is 13.9. The van der Waals surface area contributed by atoms with E-state index < -0.39 is 0 Å². The van der Waals surface area contributed by atoms with Crippen molar-refractivity contribution in [1.82, 2.24) is 25.4 Å². The van der Waals surface area contributed by atoms with Gasteiger partial charge in [0, 0.05) is 43.5 Å². The first kappa shape index (κ1) is 24.7. The van der Waals surface area contributed by atoms with Crippen molar-refractivity contribution in [3.05, 3.63) is 70.4 Å². The number of rotatable bonds is 8. The molecule has 196 valence electrons. The number of aromatic nitrogens is 3. The number of pyridine rings is 1. The summed E-state index contributed by atoms with van der Waals surface area (Å²) in [6.45, 7) is 1.21. The zero-order valence-electron chi connectivity index (χ0n) is 21.5. The Balaban J connectivity index is 1.22. The molecular formula is C29H30ClN5O3. The molecule has 9 heteroatoms. The van der Waals surface area contributed by atoms with Gasteiger partial charge in [-0.2, -0.15) is 10.1 Å². The van der Waals surface area contributed by atoms with Gasteiger partial charge in [0.15, 0.2) is 0 Å². The van der Waals surface area contributed by atoms with Crippen molar-refractivity contribution in [2.24, 2.45) is 7.05 Å². The molecule has 1 fully saturated rings. The van der Waals surface area contributed by atoms with Crippen molar-refractivity contribution in [2.45, 2.75) is 44.4 Å². The maximum Gasteiger partial charge on any atom is 0.236 e. The summed E-state index contributed by atoms with van der Waals surface area (Å²) >= 11 is 6.65. The fourth-order valence-electron chi connectivity index (χ4n) is 5.63. The first-order chi connectivity index (χ1) is 18.5. The van der Waals surface area contributed by atoms with E-state index in [9.17, 15) is 4.79 Å². The lowest BCUT2D eigenvalue weighted by molar-refractivity contribution is -0.119. The second kappa shape index (κ2) is 10.3. The predicted octanol–water partition coefficient (Wildman–Crippen LogP) is 4.73. The molecule has 6 rings (SSSR count). The van der Waals surface area contributed by atoms with Crippen molar-refractivity contribution in [3.63, 3.8) is 0 Å². The van der Waals surface area contributed by atoms with Crippen LogP contribution in [0.4, 0.5) is 0 Å². The quantitative estimate of drug-likeness (QED) is 0.341. The van der Waals surface area contributed by atoms with E-state index in [1.807, 2.05) is 24.0 Å². The minimum atomic E-state index is -0.150. The molecule has 2 N–H and O–H groups in total. The zero-order valence-corrected chi connectivity index (χ0v) is 22.2. The van der Waals surface area contributed by atoms with E-state index in [1.165, 1.54) is 16.7 Å². The van der Waals surface area contributed by atoms with Gasteiger partial charge in [-0.25, -0.2) is 0 Å². The lowest BCUT2D eigenvalue weighted by Gasteiger charge is -2.18. The number of nitrogens with zero attached hydrogens (tertiary/aromatic N) is 3. The highest BCUT2D eigenvalue weighted by molar-refractivity contribution is 6.31. The fraction of sp³-hybridized carbons (Fsp3) is 0.345. The van der Waals surface area contributed by atoms with E-state index in [4.69, 9.17) is 21.1 Å². The first-order valence-corrected chi connectivity index (χ1v) is 13.3. The molecular weight excluding hydrogens is 502 g/mol. The van der Waals surface area contributed by atoms with Crippen molar-refractivity contribution in [1.29, 1.82) is 0 Å². The van der Waals surface area contributed by atoms with E-state index in [-0.39, 0.29) is 18.1 Å². The first-order valence-electron chi connectivity index (χ1n) is 12.9. The van der Waals surface area contributed by atoms with Crippen LogP contribution in [-0.2, 0) is 24.8 Å². The molecule has 0 bridgehead atoms. The SMILES string of the molecule is COc1nc(O[C@H]2CCc3c(-c4cccc5c4cnn5C)cccc32)c(Cl)cc1CNCC1CCC(=O)N1. The molecule has 4 aromatic rings. The van der Waals surface area contributed by atoms with Gasteiger partial charge in [-0.3, -0.25) is 9.48 Å². The monoisotopic (exact) mass is 531 g/mol. The molecule has 38 heavy (non-hydrogen) atoms. The van der Waals surface area contributed by atoms with E-state index in [1.54, 1.807) is 7.11 Å². The van der Waals surface area contributed by atoms with Crippen LogP contribution < -0.4 is 20.1 Å². The molecule has 1 saturated heterocycles. The van der Waals surface area contributed by atoms with Gasteiger partial charge in [-0.1, -0.05) is 41.9 Å². The number of benzene rings is 2. The molecule has 0 spiro atoms. The van der Waals surface area contributed by atoms with Crippen LogP contribution >= 0.6 is 11.6 Å². The molecule has 3 heterocycles. The minimum Gasteiger partial charge on any atom is -0.481 e. The number of fused-ring (bicyclic) bond motifs is 2. The summed E-state index contributed by atoms with van der Waals surface area (Å²) in [5.41, 5.74) is 6.79. The number of carbonyl (C=O) groups excluding carboxylic acids is 1. The number of ether oxygens (including phenoxy) is 2. The number of aryl methyl sites for hydroxylation is 1. The highest BCUT2D eigenvalue weighted by Crippen LogP contribution is 2.42. The Morgan fingerprint density at radius 1 is 1.13 bits per heavy atom. The number of amides is 1. The Kier molecular flexibility index (Phi) is 6.68. The van der Waals surface area contributed by atoms with Gasteiger partial charge in [0.1, 0.15) is 11.1 Å². The van der Waals surface area contributed by atoms with Crippen LogP contribution in [0.2, 0.25) is 5.02 Å². The maximum atomic E-state index is 11.4. The van der Waals surface area contributed by atoms with Gasteiger partial charge in [0.05, 0.1) is 18.8 Å². The van der Waals surface area contributed by atoms with E-state index in [2.05, 4.69) is 57.1 Å². The highest BCUT2D eigenvalue weighted by atomic mass is 35.5. The third-order valence-corrected chi connectivity index (χ3v) is 7.79. The van der Waals surface area contributed by atoms with Crippen LogP contribution in [-0.4, -0.2) is 40.4 Å². The van der Waals surface area contributed by atoms with Crippen LogP contribution in [0, 0.1) is 0 Å². The molecule has 2 atom stereocenters. The van der Waals surface area contributed by atoms with Gasteiger partial charge >= 0.3 is 0 Å². The van der Waals surface area contributed by atoms with Gasteiger partial charge in [-0.05, 0) is 53.6 Å². The molecule has 0 saturated carbocycles. The molecule has 1 aliphatic heterocycles. The summed E-state index contributed by atoms with van der Waals surface area (Å²) in [4.78, 5) is 16.0. The Morgan fingerprint density at radius 3 is 2.79 bits per heavy atom. The Bertz CT molecular complexity index is 1520. The third-order valence-electron chi connectivity index (χ3n) is 7.52. The number of carbonyl (C=O) groups is 1. The molecule has 1 unspecified atom stereocenters. The summed E-state index contributed by atoms with van der Waals surface area (Å²) in [6, 6.07) is 14.7. The molecule has 8 nitrogen and oxygen atoms in total. The Labute approximate surface area is 226 Å². The number of methoxy groups -OCH3 is 1. The van der Waals surface area contributed by atoms with Crippen LogP contribution in [0.15, 0.2) is 48.7 Å². The lowest BCUT2D eigenvalue weighted by atomic mass is 9.94. The molecule has 2 aromatic heterocycles. The maximum absolute atomic E-state index is 11.4. The van der Waals surface area contributed by atoms with Crippen LogP contribution in [0.1, 0.15) is 42.1 Å². The van der Waals surface area contributed by atoms with Crippen LogP contribution in [0.5, 0.6) is 11.8 Å². The summed E-state index contributed by atoms with van der Waals surface area (Å²) in [6.07, 6.45) is 4.95. The number of nitrogens with one attached hydrogen (secondary N) is 2. The normalized spacial score (nSPS) is 18.6. The van der Waals surface area contributed by atoms with Gasteiger partial charge < -0.3 is 20.1 Å². The number of halogens is 1. The third kappa shape index (κ3) is 4.59. The summed E-state index contributed by atoms with van der Waals surface area (Å²) in [5, 5.41) is 12.4. The van der Waals surface area contributed by atoms with Gasteiger partial charge in [0.25, 0.3) is 0 Å². The standard InChI is InChI=1S/C29H30ClN5O3/c1-35-25-8-4-6-20(23(25)16-32-35)19-5-3-7-22-21(19)10-11-26(22)38-29-24(30)13-17(28(34-29)37-2)14-31-15-18-9-12-27(36)33-18/h3-8,13,16,18,26,31H,9-12,14-15H2,1-2H3,(H,33,36)/t18?,26-/m0/s1. The summed E-state index contributed by atoms with van der Waals surface area (Å²) in [7, 11) is 3.56. The largest absolute Gasteiger partial charge is 0.481 e. The van der Waals surface area contributed by atoms with Crippen molar-refractivity contribution < 1.29 is 14.3 Å². The van der Waals surface area contributed by atoms with Crippen LogP contribution in [0.3, 0.4) is 0 Å². The summed E-state index contributed by atoms with van der Waals surface area (Å²) in [5.74, 6) is 0.950. The van der Waals surface area contributed by atoms with Gasteiger partial charge in [-0.15, -0.1) is 0 Å². The highest BCUT2D eigenvalue weighted by Gasteiger charge is 2.29. The fourth-order valence-corrected chi connectivity index (χ4v) is 5.85. The zero-order chi connectivity index (χ0) is 26.2. The lowest BCUT2D eigenvalue weighted by Crippen LogP contribution is -2.35. The Morgan fingerprint density at radius 2 is 1.97 bits per heavy atom. The average molecular weight is 532 g/mol. The molecule has 0 radical (unpaired) electrons. The molecule has 2 aromatic carbocycles. The molecule has 1 aliphatic carbocycles. The average Bonchev–Trinajstić information content (AvgIpc) is 3.64. The smallest absolute Gasteiger partial charge is 0.236 e. The minimum absolute atomic E-state index is 0.107. The van der Waals surface area contributed by atoms with E-state index in [0.717, 1.165) is 41.3 Å². The van der Waals surface area contributed by atoms with Crippen LogP contribution in [0.25, 0.3) is 22.0 Å². The second-order valence-corrected chi connectivity index (χ2v) is 10.3. The predicted molar refractivity (Wildman–Crippen MR) is 147 cm³/mol.